The minimum Gasteiger partial charge on any atom is -0.316 e. The fourth-order valence-electron chi connectivity index (χ4n) is 4.29. The van der Waals surface area contributed by atoms with Gasteiger partial charge in [-0.15, -0.1) is 24.8 Å². The fraction of sp³-hybridized carbons (Fsp3) is 0.556. The lowest BCUT2D eigenvalue weighted by atomic mass is 9.68. The van der Waals surface area contributed by atoms with E-state index in [1.807, 2.05) is 0 Å². The molecule has 2 nitrogen and oxygen atoms in total. The molecule has 0 aliphatic carbocycles. The van der Waals surface area contributed by atoms with Crippen molar-refractivity contribution >= 4 is 24.8 Å². The van der Waals surface area contributed by atoms with Gasteiger partial charge in [-0.3, -0.25) is 0 Å². The molecule has 2 aromatic rings. The summed E-state index contributed by atoms with van der Waals surface area (Å²) in [4.78, 5) is 2.49. The highest BCUT2D eigenvalue weighted by Gasteiger charge is 2.34. The molecule has 0 amide bonds. The van der Waals surface area contributed by atoms with Gasteiger partial charge in [0, 0.05) is 18.5 Å². The van der Waals surface area contributed by atoms with Gasteiger partial charge in [0.2, 0.25) is 0 Å². The minimum absolute atomic E-state index is 0. The highest BCUT2D eigenvalue weighted by molar-refractivity contribution is 5.85. The van der Waals surface area contributed by atoms with Gasteiger partial charge in [0.15, 0.2) is 0 Å². The van der Waals surface area contributed by atoms with Gasteiger partial charge in [-0.1, -0.05) is 87.9 Å². The Morgan fingerprint density at radius 3 is 2.06 bits per heavy atom. The van der Waals surface area contributed by atoms with Crippen LogP contribution >= 0.6 is 24.8 Å². The largest absolute Gasteiger partial charge is 0.316 e. The van der Waals surface area contributed by atoms with Gasteiger partial charge in [-0.05, 0) is 62.9 Å². The van der Waals surface area contributed by atoms with Gasteiger partial charge in [0.1, 0.15) is 0 Å². The van der Waals surface area contributed by atoms with E-state index in [4.69, 9.17) is 0 Å². The molecule has 0 radical (unpaired) electrons. The lowest BCUT2D eigenvalue weighted by Gasteiger charge is -2.39. The SMILES string of the molecule is CCCCNCC(CCCN(C)CCc1ccccc1)(c1ccccc1)C(C)C.Cl.Cl. The molecule has 2 rings (SSSR count). The molecule has 1 N–H and O–H groups in total. The van der Waals surface area contributed by atoms with Crippen LogP contribution in [-0.2, 0) is 11.8 Å². The van der Waals surface area contributed by atoms with Gasteiger partial charge < -0.3 is 10.2 Å². The van der Waals surface area contributed by atoms with E-state index in [2.05, 4.69) is 98.7 Å². The molecule has 0 spiro atoms. The highest BCUT2D eigenvalue weighted by Crippen LogP contribution is 2.36. The van der Waals surface area contributed by atoms with E-state index in [-0.39, 0.29) is 30.2 Å². The van der Waals surface area contributed by atoms with Crippen LogP contribution in [0.1, 0.15) is 57.6 Å². The zero-order valence-electron chi connectivity index (χ0n) is 20.0. The molecular weight excluding hydrogens is 423 g/mol. The van der Waals surface area contributed by atoms with E-state index < -0.39 is 0 Å². The maximum atomic E-state index is 3.78. The van der Waals surface area contributed by atoms with Gasteiger partial charge in [0.05, 0.1) is 0 Å². The van der Waals surface area contributed by atoms with Crippen LogP contribution in [0.4, 0.5) is 0 Å². The van der Waals surface area contributed by atoms with Crippen molar-refractivity contribution in [1.82, 2.24) is 10.2 Å². The minimum atomic E-state index is 0. The molecule has 1 atom stereocenters. The lowest BCUT2D eigenvalue weighted by molar-refractivity contribution is 0.242. The zero-order valence-corrected chi connectivity index (χ0v) is 21.6. The molecular formula is C27H44Cl2N2. The molecule has 0 aromatic heterocycles. The topological polar surface area (TPSA) is 15.3 Å². The second-order valence-electron chi connectivity index (χ2n) is 8.85. The van der Waals surface area contributed by atoms with Crippen LogP contribution in [0.2, 0.25) is 0 Å². The summed E-state index contributed by atoms with van der Waals surface area (Å²) >= 11 is 0. The maximum Gasteiger partial charge on any atom is 0.0101 e. The van der Waals surface area contributed by atoms with Crippen LogP contribution < -0.4 is 5.32 Å². The van der Waals surface area contributed by atoms with E-state index in [0.717, 1.165) is 32.6 Å². The van der Waals surface area contributed by atoms with Gasteiger partial charge in [-0.2, -0.15) is 0 Å². The van der Waals surface area contributed by atoms with Crippen molar-refractivity contribution < 1.29 is 0 Å². The third-order valence-corrected chi connectivity index (χ3v) is 6.39. The van der Waals surface area contributed by atoms with E-state index in [9.17, 15) is 0 Å². The fourth-order valence-corrected chi connectivity index (χ4v) is 4.29. The molecule has 0 bridgehead atoms. The number of halogens is 2. The molecule has 31 heavy (non-hydrogen) atoms. The lowest BCUT2D eigenvalue weighted by Crippen LogP contribution is -2.43. The number of benzene rings is 2. The third kappa shape index (κ3) is 9.95. The Morgan fingerprint density at radius 1 is 0.871 bits per heavy atom. The first-order chi connectivity index (χ1) is 14.1. The standard InChI is InChI=1S/C27H42N2.2ClH/c1-5-6-20-28-23-27(24(2)3,26-16-11-8-12-17-26)19-13-21-29(4)22-18-25-14-9-7-10-15-25;;/h7-12,14-17,24,28H,5-6,13,18-23H2,1-4H3;2*1H. The van der Waals surface area contributed by atoms with Crippen molar-refractivity contribution in [3.05, 3.63) is 71.8 Å². The first kappa shape index (κ1) is 29.9. The molecule has 0 aliphatic heterocycles. The number of likely N-dealkylation sites (N-methyl/N-ethyl adjacent to an activating group) is 1. The average molecular weight is 468 g/mol. The van der Waals surface area contributed by atoms with E-state index in [0.29, 0.717) is 5.92 Å². The molecule has 0 aliphatic rings. The summed E-state index contributed by atoms with van der Waals surface area (Å²) in [5, 5.41) is 3.78. The Hall–Kier alpha value is -1.06. The third-order valence-electron chi connectivity index (χ3n) is 6.39. The Bertz CT molecular complexity index is 663. The van der Waals surface area contributed by atoms with Gasteiger partial charge in [-0.25, -0.2) is 0 Å². The Morgan fingerprint density at radius 2 is 1.48 bits per heavy atom. The summed E-state index contributed by atoms with van der Waals surface area (Å²) < 4.78 is 0. The highest BCUT2D eigenvalue weighted by atomic mass is 35.5. The van der Waals surface area contributed by atoms with E-state index >= 15 is 0 Å². The number of nitrogens with one attached hydrogen (secondary N) is 1. The van der Waals surface area contributed by atoms with Crippen molar-refractivity contribution in [3.8, 4) is 0 Å². The molecule has 4 heteroatoms. The van der Waals surface area contributed by atoms with Crippen LogP contribution in [-0.4, -0.2) is 38.1 Å². The van der Waals surface area contributed by atoms with Crippen LogP contribution in [0, 0.1) is 5.92 Å². The summed E-state index contributed by atoms with van der Waals surface area (Å²) in [6, 6.07) is 22.0. The molecule has 0 fully saturated rings. The normalized spacial score (nSPS) is 12.8. The smallest absolute Gasteiger partial charge is 0.0101 e. The average Bonchev–Trinajstić information content (AvgIpc) is 2.75. The predicted octanol–water partition coefficient (Wildman–Crippen LogP) is 6.77. The van der Waals surface area contributed by atoms with Crippen molar-refractivity contribution in [2.24, 2.45) is 5.92 Å². The van der Waals surface area contributed by atoms with Crippen molar-refractivity contribution in [2.75, 3.05) is 33.2 Å². The molecule has 1 unspecified atom stereocenters. The number of rotatable bonds is 14. The summed E-state index contributed by atoms with van der Waals surface area (Å²) in [5.41, 5.74) is 3.13. The van der Waals surface area contributed by atoms with Crippen LogP contribution in [0.5, 0.6) is 0 Å². The van der Waals surface area contributed by atoms with Crippen molar-refractivity contribution in [3.63, 3.8) is 0 Å². The zero-order chi connectivity index (χ0) is 21.0. The van der Waals surface area contributed by atoms with Crippen LogP contribution in [0.25, 0.3) is 0 Å². The second-order valence-corrected chi connectivity index (χ2v) is 8.85. The molecule has 0 heterocycles. The Kier molecular flexibility index (Phi) is 16.0. The number of hydrogen-bond acceptors (Lipinski definition) is 2. The maximum absolute atomic E-state index is 3.78. The summed E-state index contributed by atoms with van der Waals surface area (Å²) in [7, 11) is 2.27. The predicted molar refractivity (Wildman–Crippen MR) is 142 cm³/mol. The second kappa shape index (κ2) is 16.6. The van der Waals surface area contributed by atoms with Crippen LogP contribution in [0.15, 0.2) is 60.7 Å². The summed E-state index contributed by atoms with van der Waals surface area (Å²) in [5.74, 6) is 0.605. The number of nitrogens with zero attached hydrogens (tertiary/aromatic N) is 1. The van der Waals surface area contributed by atoms with Crippen molar-refractivity contribution in [2.45, 2.75) is 58.3 Å². The van der Waals surface area contributed by atoms with E-state index in [1.54, 1.807) is 0 Å². The number of hydrogen-bond donors (Lipinski definition) is 1. The summed E-state index contributed by atoms with van der Waals surface area (Å²) in [6.45, 7) is 11.5. The summed E-state index contributed by atoms with van der Waals surface area (Å²) in [6.07, 6.45) is 6.09. The first-order valence-corrected chi connectivity index (χ1v) is 11.6. The Labute approximate surface area is 204 Å². The van der Waals surface area contributed by atoms with E-state index in [1.165, 1.54) is 36.8 Å². The monoisotopic (exact) mass is 466 g/mol. The molecule has 0 saturated carbocycles. The quantitative estimate of drug-likeness (QED) is 0.309. The number of unbranched alkanes of at least 4 members (excludes halogenated alkanes) is 1. The van der Waals surface area contributed by atoms with Crippen LogP contribution in [0.3, 0.4) is 0 Å². The molecule has 2 aromatic carbocycles. The van der Waals surface area contributed by atoms with Crippen molar-refractivity contribution in [1.29, 1.82) is 0 Å². The molecule has 0 saturated heterocycles. The van der Waals surface area contributed by atoms with Gasteiger partial charge in [0.25, 0.3) is 0 Å². The first-order valence-electron chi connectivity index (χ1n) is 11.6. The van der Waals surface area contributed by atoms with Gasteiger partial charge >= 0.3 is 0 Å². The molecule has 176 valence electrons. The Balaban J connectivity index is 0.00000450.